The summed E-state index contributed by atoms with van der Waals surface area (Å²) < 4.78 is 4.94. The highest BCUT2D eigenvalue weighted by atomic mass is 35.5. The van der Waals surface area contributed by atoms with E-state index in [0.29, 0.717) is 23.7 Å². The zero-order valence-corrected chi connectivity index (χ0v) is 14.7. The largest absolute Gasteiger partial charge is 0.456 e. The van der Waals surface area contributed by atoms with Gasteiger partial charge in [0.1, 0.15) is 0 Å². The minimum atomic E-state index is -0.410. The van der Waals surface area contributed by atoms with Crippen LogP contribution < -0.4 is 10.6 Å². The predicted octanol–water partition coefficient (Wildman–Crippen LogP) is 2.83. The third-order valence-electron chi connectivity index (χ3n) is 3.34. The van der Waals surface area contributed by atoms with E-state index < -0.39 is 11.9 Å². The molecule has 0 fully saturated rings. The van der Waals surface area contributed by atoms with E-state index in [2.05, 4.69) is 10.6 Å². The number of ether oxygens (including phenoxy) is 1. The van der Waals surface area contributed by atoms with E-state index in [9.17, 15) is 14.4 Å². The Kier molecular flexibility index (Phi) is 8.86. The molecule has 1 rings (SSSR count). The second kappa shape index (κ2) is 10.6. The molecule has 0 bridgehead atoms. The van der Waals surface area contributed by atoms with Crippen molar-refractivity contribution in [3.8, 4) is 0 Å². The number of carbonyl (C=O) groups excluding carboxylic acids is 3. The van der Waals surface area contributed by atoms with Crippen LogP contribution in [0.3, 0.4) is 0 Å². The van der Waals surface area contributed by atoms with Crippen LogP contribution in [0.15, 0.2) is 18.2 Å². The first-order chi connectivity index (χ1) is 11.4. The van der Waals surface area contributed by atoms with Gasteiger partial charge in [0.25, 0.3) is 5.91 Å². The standard InChI is InChI=1S/C17H23ClN2O4/c1-12-14(18)7-6-8-15(12)20-16(22)11-24-17(23)9-4-3-5-10-19-13(2)21/h6-8H,3-5,9-11H2,1-2H3,(H,19,21)(H,20,22). The van der Waals surface area contributed by atoms with E-state index >= 15 is 0 Å². The Hall–Kier alpha value is -2.08. The Morgan fingerprint density at radius 3 is 2.62 bits per heavy atom. The maximum Gasteiger partial charge on any atom is 0.306 e. The molecule has 6 nitrogen and oxygen atoms in total. The normalized spacial score (nSPS) is 10.1. The molecule has 24 heavy (non-hydrogen) atoms. The zero-order chi connectivity index (χ0) is 17.9. The number of nitrogens with one attached hydrogen (secondary N) is 2. The Bertz CT molecular complexity index is 590. The number of carbonyl (C=O) groups is 3. The summed E-state index contributed by atoms with van der Waals surface area (Å²) in [7, 11) is 0. The third kappa shape index (κ3) is 7.97. The molecule has 0 aliphatic carbocycles. The molecular weight excluding hydrogens is 332 g/mol. The van der Waals surface area contributed by atoms with E-state index in [4.69, 9.17) is 16.3 Å². The van der Waals surface area contributed by atoms with Crippen LogP contribution in [-0.2, 0) is 19.1 Å². The van der Waals surface area contributed by atoms with Gasteiger partial charge in [-0.1, -0.05) is 24.1 Å². The van der Waals surface area contributed by atoms with Crippen molar-refractivity contribution in [2.75, 3.05) is 18.5 Å². The summed E-state index contributed by atoms with van der Waals surface area (Å²) in [6.45, 7) is 3.54. The van der Waals surface area contributed by atoms with Crippen molar-refractivity contribution in [1.82, 2.24) is 5.32 Å². The van der Waals surface area contributed by atoms with Crippen molar-refractivity contribution in [2.45, 2.75) is 39.5 Å². The fourth-order valence-electron chi connectivity index (χ4n) is 1.98. The number of esters is 1. The van der Waals surface area contributed by atoms with Crippen molar-refractivity contribution in [3.05, 3.63) is 28.8 Å². The highest BCUT2D eigenvalue weighted by Crippen LogP contribution is 2.22. The third-order valence-corrected chi connectivity index (χ3v) is 3.75. The predicted molar refractivity (Wildman–Crippen MR) is 92.9 cm³/mol. The number of amides is 2. The molecule has 0 aliphatic heterocycles. The van der Waals surface area contributed by atoms with Crippen LogP contribution in [0.25, 0.3) is 0 Å². The van der Waals surface area contributed by atoms with Crippen molar-refractivity contribution < 1.29 is 19.1 Å². The Morgan fingerprint density at radius 2 is 1.92 bits per heavy atom. The quantitative estimate of drug-likeness (QED) is 0.527. The molecule has 0 radical (unpaired) electrons. The topological polar surface area (TPSA) is 84.5 Å². The molecule has 1 aromatic rings. The van der Waals surface area contributed by atoms with Crippen LogP contribution >= 0.6 is 11.6 Å². The van der Waals surface area contributed by atoms with Gasteiger partial charge in [0, 0.05) is 30.6 Å². The maximum atomic E-state index is 11.8. The van der Waals surface area contributed by atoms with Crippen molar-refractivity contribution in [1.29, 1.82) is 0 Å². The van der Waals surface area contributed by atoms with Gasteiger partial charge in [-0.15, -0.1) is 0 Å². The summed E-state index contributed by atoms with van der Waals surface area (Å²) in [4.78, 5) is 34.0. The molecule has 132 valence electrons. The number of hydrogen-bond donors (Lipinski definition) is 2. The monoisotopic (exact) mass is 354 g/mol. The molecule has 0 saturated heterocycles. The summed E-state index contributed by atoms with van der Waals surface area (Å²) in [5, 5.41) is 5.91. The fraction of sp³-hybridized carbons (Fsp3) is 0.471. The van der Waals surface area contributed by atoms with E-state index in [1.807, 2.05) is 0 Å². The lowest BCUT2D eigenvalue weighted by Crippen LogP contribution is -2.21. The summed E-state index contributed by atoms with van der Waals surface area (Å²) in [6, 6.07) is 5.20. The van der Waals surface area contributed by atoms with Crippen LogP contribution in [0.4, 0.5) is 5.69 Å². The Morgan fingerprint density at radius 1 is 1.17 bits per heavy atom. The summed E-state index contributed by atoms with van der Waals surface area (Å²) in [5.41, 5.74) is 1.36. The highest BCUT2D eigenvalue weighted by Gasteiger charge is 2.10. The molecular formula is C17H23ClN2O4. The van der Waals surface area contributed by atoms with Gasteiger partial charge in [0.2, 0.25) is 5.91 Å². The van der Waals surface area contributed by atoms with Crippen molar-refractivity contribution >= 4 is 35.1 Å². The van der Waals surface area contributed by atoms with E-state index in [1.54, 1.807) is 25.1 Å². The summed E-state index contributed by atoms with van der Waals surface area (Å²) in [5.74, 6) is -0.873. The van der Waals surface area contributed by atoms with Gasteiger partial charge in [-0.3, -0.25) is 14.4 Å². The lowest BCUT2D eigenvalue weighted by molar-refractivity contribution is -0.147. The SMILES string of the molecule is CC(=O)NCCCCCC(=O)OCC(=O)Nc1cccc(Cl)c1C. The Labute approximate surface area is 146 Å². The smallest absolute Gasteiger partial charge is 0.306 e. The molecule has 2 N–H and O–H groups in total. The average molecular weight is 355 g/mol. The van der Waals surface area contributed by atoms with E-state index in [1.165, 1.54) is 6.92 Å². The van der Waals surface area contributed by atoms with Gasteiger partial charge in [0.15, 0.2) is 6.61 Å². The van der Waals surface area contributed by atoms with Crippen molar-refractivity contribution in [2.24, 2.45) is 0 Å². The van der Waals surface area contributed by atoms with Gasteiger partial charge < -0.3 is 15.4 Å². The average Bonchev–Trinajstić information content (AvgIpc) is 2.53. The molecule has 0 atom stereocenters. The second-order valence-electron chi connectivity index (χ2n) is 5.41. The van der Waals surface area contributed by atoms with Gasteiger partial charge in [-0.2, -0.15) is 0 Å². The number of rotatable bonds is 9. The first-order valence-corrected chi connectivity index (χ1v) is 8.23. The fourth-order valence-corrected chi connectivity index (χ4v) is 2.16. The van der Waals surface area contributed by atoms with E-state index in [0.717, 1.165) is 18.4 Å². The lowest BCUT2D eigenvalue weighted by Gasteiger charge is -2.10. The minimum Gasteiger partial charge on any atom is -0.456 e. The lowest BCUT2D eigenvalue weighted by atomic mass is 10.2. The number of hydrogen-bond acceptors (Lipinski definition) is 4. The van der Waals surface area contributed by atoms with Crippen LogP contribution in [-0.4, -0.2) is 30.9 Å². The summed E-state index contributed by atoms with van der Waals surface area (Å²) >= 11 is 5.98. The van der Waals surface area contributed by atoms with Crippen LogP contribution in [0, 0.1) is 6.92 Å². The molecule has 0 saturated carbocycles. The van der Waals surface area contributed by atoms with Gasteiger partial charge in [-0.05, 0) is 37.5 Å². The van der Waals surface area contributed by atoms with Crippen LogP contribution in [0.5, 0.6) is 0 Å². The molecule has 7 heteroatoms. The zero-order valence-electron chi connectivity index (χ0n) is 14.0. The molecule has 0 aliphatic rings. The van der Waals surface area contributed by atoms with Crippen LogP contribution in [0.1, 0.15) is 38.2 Å². The first-order valence-electron chi connectivity index (χ1n) is 7.85. The summed E-state index contributed by atoms with van der Waals surface area (Å²) in [6.07, 6.45) is 2.53. The minimum absolute atomic E-state index is 0.0598. The van der Waals surface area contributed by atoms with Crippen molar-refractivity contribution in [3.63, 3.8) is 0 Å². The Balaban J connectivity index is 2.18. The van der Waals surface area contributed by atoms with E-state index in [-0.39, 0.29) is 18.9 Å². The highest BCUT2D eigenvalue weighted by molar-refractivity contribution is 6.31. The van der Waals surface area contributed by atoms with Crippen LogP contribution in [0.2, 0.25) is 5.02 Å². The molecule has 0 unspecified atom stereocenters. The molecule has 0 heterocycles. The number of benzene rings is 1. The second-order valence-corrected chi connectivity index (χ2v) is 5.82. The van der Waals surface area contributed by atoms with Gasteiger partial charge >= 0.3 is 5.97 Å². The van der Waals surface area contributed by atoms with Gasteiger partial charge in [-0.25, -0.2) is 0 Å². The molecule has 2 amide bonds. The maximum absolute atomic E-state index is 11.8. The first kappa shape index (κ1) is 20.0. The molecule has 1 aromatic carbocycles. The number of anilines is 1. The molecule has 0 spiro atoms. The van der Waals surface area contributed by atoms with Gasteiger partial charge in [0.05, 0.1) is 0 Å². The number of unbranched alkanes of at least 4 members (excludes halogenated alkanes) is 2. The number of halogens is 1. The molecule has 0 aromatic heterocycles.